The average Bonchev–Trinajstić information content (AvgIpc) is 2.83. The summed E-state index contributed by atoms with van der Waals surface area (Å²) in [7, 11) is 3.24. The summed E-state index contributed by atoms with van der Waals surface area (Å²) < 4.78 is 11.7. The van der Waals surface area contributed by atoms with Gasteiger partial charge in [0.15, 0.2) is 11.5 Å². The molecule has 8 heteroatoms. The first-order valence-corrected chi connectivity index (χ1v) is 8.38. The van der Waals surface area contributed by atoms with Gasteiger partial charge in [0.1, 0.15) is 10.6 Å². The number of hydrogen-bond donors (Lipinski definition) is 2. The van der Waals surface area contributed by atoms with Crippen LogP contribution in [0.4, 0.5) is 11.8 Å². The van der Waals surface area contributed by atoms with E-state index in [1.165, 1.54) is 0 Å². The van der Waals surface area contributed by atoms with Gasteiger partial charge < -0.3 is 20.9 Å². The second-order valence-corrected chi connectivity index (χ2v) is 7.12. The van der Waals surface area contributed by atoms with Crippen molar-refractivity contribution in [2.45, 2.75) is 16.0 Å². The molecular formula is C15H16N4O2S2. The Bertz CT molecular complexity index is 880. The summed E-state index contributed by atoms with van der Waals surface area (Å²) in [5.41, 5.74) is 12.7. The maximum absolute atomic E-state index is 5.98. The number of nitrogen functional groups attached to an aromatic ring is 2. The SMILES string of the molecule is COc1ccc(Sc2sc3nc(N)nc(N)c3c2C)cc1OC. The van der Waals surface area contributed by atoms with Crippen LogP contribution in [-0.2, 0) is 0 Å². The molecule has 0 unspecified atom stereocenters. The van der Waals surface area contributed by atoms with Crippen molar-refractivity contribution >= 4 is 45.1 Å². The minimum absolute atomic E-state index is 0.193. The number of thiophene rings is 1. The molecule has 0 atom stereocenters. The highest BCUT2D eigenvalue weighted by atomic mass is 32.2. The van der Waals surface area contributed by atoms with Crippen molar-refractivity contribution in [1.29, 1.82) is 0 Å². The quantitative estimate of drug-likeness (QED) is 0.746. The summed E-state index contributed by atoms with van der Waals surface area (Å²) >= 11 is 3.17. The summed E-state index contributed by atoms with van der Waals surface area (Å²) in [4.78, 5) is 10.1. The number of benzene rings is 1. The fraction of sp³-hybridized carbons (Fsp3) is 0.200. The first-order chi connectivity index (χ1) is 11.0. The number of hydrogen-bond acceptors (Lipinski definition) is 8. The van der Waals surface area contributed by atoms with Gasteiger partial charge >= 0.3 is 0 Å². The molecule has 0 spiro atoms. The van der Waals surface area contributed by atoms with Gasteiger partial charge in [-0.3, -0.25) is 0 Å². The summed E-state index contributed by atoms with van der Waals surface area (Å²) in [5.74, 6) is 2.01. The Kier molecular flexibility index (Phi) is 4.18. The van der Waals surface area contributed by atoms with E-state index in [1.807, 2.05) is 25.1 Å². The van der Waals surface area contributed by atoms with Gasteiger partial charge in [0.25, 0.3) is 0 Å². The molecule has 4 N–H and O–H groups in total. The van der Waals surface area contributed by atoms with Crippen LogP contribution in [0.15, 0.2) is 27.3 Å². The molecule has 23 heavy (non-hydrogen) atoms. The molecule has 0 aliphatic heterocycles. The van der Waals surface area contributed by atoms with Crippen LogP contribution < -0.4 is 20.9 Å². The van der Waals surface area contributed by atoms with Gasteiger partial charge in [0.05, 0.1) is 23.8 Å². The number of anilines is 2. The number of aromatic nitrogens is 2. The van der Waals surface area contributed by atoms with Crippen molar-refractivity contribution in [3.63, 3.8) is 0 Å². The maximum atomic E-state index is 5.98. The van der Waals surface area contributed by atoms with Crippen LogP contribution in [0.25, 0.3) is 10.2 Å². The van der Waals surface area contributed by atoms with Crippen molar-refractivity contribution < 1.29 is 9.47 Å². The topological polar surface area (TPSA) is 96.3 Å². The molecule has 2 aromatic heterocycles. The minimum atomic E-state index is 0.193. The predicted molar refractivity (Wildman–Crippen MR) is 94.6 cm³/mol. The Hall–Kier alpha value is -2.19. The molecule has 0 bridgehead atoms. The van der Waals surface area contributed by atoms with Crippen molar-refractivity contribution in [1.82, 2.24) is 9.97 Å². The lowest BCUT2D eigenvalue weighted by molar-refractivity contribution is 0.354. The highest BCUT2D eigenvalue weighted by Gasteiger charge is 2.16. The first kappa shape index (κ1) is 15.7. The fourth-order valence-electron chi connectivity index (χ4n) is 2.25. The molecule has 0 fully saturated rings. The van der Waals surface area contributed by atoms with E-state index in [2.05, 4.69) is 9.97 Å². The molecule has 0 radical (unpaired) electrons. The Morgan fingerprint density at radius 3 is 2.52 bits per heavy atom. The summed E-state index contributed by atoms with van der Waals surface area (Å²) in [6.45, 7) is 2.01. The third kappa shape index (κ3) is 2.87. The van der Waals surface area contributed by atoms with Gasteiger partial charge in [0.2, 0.25) is 5.95 Å². The highest BCUT2D eigenvalue weighted by Crippen LogP contribution is 2.43. The predicted octanol–water partition coefficient (Wildman–Crippen LogP) is 3.33. The zero-order chi connectivity index (χ0) is 16.6. The summed E-state index contributed by atoms with van der Waals surface area (Å²) in [6.07, 6.45) is 0. The number of nitrogens with two attached hydrogens (primary N) is 2. The number of ether oxygens (including phenoxy) is 2. The van der Waals surface area contributed by atoms with Crippen LogP contribution >= 0.6 is 23.1 Å². The van der Waals surface area contributed by atoms with Crippen molar-refractivity contribution in [2.24, 2.45) is 0 Å². The van der Waals surface area contributed by atoms with E-state index in [9.17, 15) is 0 Å². The fourth-order valence-corrected chi connectivity index (χ4v) is 4.64. The third-order valence-corrected chi connectivity index (χ3v) is 5.82. The second kappa shape index (κ2) is 6.13. The molecular weight excluding hydrogens is 332 g/mol. The van der Waals surface area contributed by atoms with E-state index in [0.29, 0.717) is 17.3 Å². The van der Waals surface area contributed by atoms with Crippen LogP contribution in [0.3, 0.4) is 0 Å². The van der Waals surface area contributed by atoms with Crippen LogP contribution in [0.2, 0.25) is 0 Å². The second-order valence-electron chi connectivity index (χ2n) is 4.78. The molecule has 0 saturated carbocycles. The number of nitrogens with zero attached hydrogens (tertiary/aromatic N) is 2. The normalized spacial score (nSPS) is 10.9. The number of aryl methyl sites for hydroxylation is 1. The van der Waals surface area contributed by atoms with Crippen molar-refractivity contribution in [3.05, 3.63) is 23.8 Å². The van der Waals surface area contributed by atoms with Gasteiger partial charge in [-0.1, -0.05) is 11.8 Å². The molecule has 3 aromatic rings. The van der Waals surface area contributed by atoms with Gasteiger partial charge in [-0.15, -0.1) is 11.3 Å². The van der Waals surface area contributed by atoms with Crippen LogP contribution in [0, 0.1) is 6.92 Å². The lowest BCUT2D eigenvalue weighted by Crippen LogP contribution is -1.99. The van der Waals surface area contributed by atoms with Gasteiger partial charge in [-0.2, -0.15) is 4.98 Å². The average molecular weight is 348 g/mol. The highest BCUT2D eigenvalue weighted by molar-refractivity contribution is 8.01. The largest absolute Gasteiger partial charge is 0.493 e. The number of rotatable bonds is 4. The van der Waals surface area contributed by atoms with Gasteiger partial charge in [0, 0.05) is 4.90 Å². The standard InChI is InChI=1S/C15H16N4O2S2/c1-7-11-12(16)18-15(17)19-13(11)23-14(7)22-8-4-5-9(20-2)10(6-8)21-3/h4-6H,1-3H3,(H4,16,17,18,19). The van der Waals surface area contributed by atoms with Gasteiger partial charge in [-0.05, 0) is 30.7 Å². The lowest BCUT2D eigenvalue weighted by atomic mass is 10.2. The Labute approximate surface area is 141 Å². The van der Waals surface area contributed by atoms with E-state index in [1.54, 1.807) is 37.3 Å². The number of fused-ring (bicyclic) bond motifs is 1. The molecule has 0 aliphatic rings. The Morgan fingerprint density at radius 1 is 1.09 bits per heavy atom. The van der Waals surface area contributed by atoms with Crippen molar-refractivity contribution in [3.8, 4) is 11.5 Å². The molecule has 3 rings (SSSR count). The lowest BCUT2D eigenvalue weighted by Gasteiger charge is -2.09. The molecule has 2 heterocycles. The molecule has 0 saturated heterocycles. The van der Waals surface area contributed by atoms with Crippen LogP contribution in [-0.4, -0.2) is 24.2 Å². The maximum Gasteiger partial charge on any atom is 0.223 e. The van der Waals surface area contributed by atoms with Gasteiger partial charge in [-0.25, -0.2) is 4.98 Å². The smallest absolute Gasteiger partial charge is 0.223 e. The zero-order valence-corrected chi connectivity index (χ0v) is 14.5. The molecule has 120 valence electrons. The van der Waals surface area contributed by atoms with Crippen LogP contribution in [0.1, 0.15) is 5.56 Å². The van der Waals surface area contributed by atoms with Crippen LogP contribution in [0.5, 0.6) is 11.5 Å². The Morgan fingerprint density at radius 2 is 1.83 bits per heavy atom. The van der Waals surface area contributed by atoms with Crippen molar-refractivity contribution in [2.75, 3.05) is 25.7 Å². The zero-order valence-electron chi connectivity index (χ0n) is 12.9. The molecule has 0 aliphatic carbocycles. The minimum Gasteiger partial charge on any atom is -0.493 e. The van der Waals surface area contributed by atoms with E-state index in [-0.39, 0.29) is 5.95 Å². The first-order valence-electron chi connectivity index (χ1n) is 6.75. The van der Waals surface area contributed by atoms with E-state index < -0.39 is 0 Å². The molecule has 6 nitrogen and oxygen atoms in total. The number of methoxy groups -OCH3 is 2. The third-order valence-electron chi connectivity index (χ3n) is 3.36. The monoisotopic (exact) mass is 348 g/mol. The van der Waals surface area contributed by atoms with E-state index >= 15 is 0 Å². The molecule has 1 aromatic carbocycles. The van der Waals surface area contributed by atoms with E-state index in [4.69, 9.17) is 20.9 Å². The molecule has 0 amide bonds. The summed E-state index contributed by atoms with van der Waals surface area (Å²) in [6, 6.07) is 5.81. The Balaban J connectivity index is 2.02. The van der Waals surface area contributed by atoms with E-state index in [0.717, 1.165) is 24.9 Å². The summed E-state index contributed by atoms with van der Waals surface area (Å²) in [5, 5.41) is 0.868.